The minimum Gasteiger partial charge on any atom is -0.359 e. The molecule has 0 aromatic heterocycles. The van der Waals surface area contributed by atoms with Gasteiger partial charge in [-0.3, -0.25) is 9.59 Å². The molecule has 0 saturated carbocycles. The molecule has 1 aliphatic rings. The minimum atomic E-state index is -0.145. The molecule has 5 heteroatoms. The zero-order chi connectivity index (χ0) is 11.4. The van der Waals surface area contributed by atoms with Gasteiger partial charge in [0.25, 0.3) is 0 Å². The lowest BCUT2D eigenvalue weighted by Gasteiger charge is -2.19. The van der Waals surface area contributed by atoms with Crippen molar-refractivity contribution >= 4 is 19.7 Å². The van der Waals surface area contributed by atoms with Crippen LogP contribution in [0, 0.1) is 11.8 Å². The van der Waals surface area contributed by atoms with Crippen molar-refractivity contribution in [1.29, 1.82) is 0 Å². The molecule has 1 aliphatic heterocycles. The first-order valence-electron chi connectivity index (χ1n) is 5.30. The van der Waals surface area contributed by atoms with Gasteiger partial charge in [0.2, 0.25) is 11.8 Å². The van der Waals surface area contributed by atoms with Crippen molar-refractivity contribution in [3.8, 4) is 0 Å². The Balaban J connectivity index is 2.49. The largest absolute Gasteiger partial charge is 0.359 e. The highest BCUT2D eigenvalue weighted by Gasteiger charge is 2.31. The molecule has 15 heavy (non-hydrogen) atoms. The van der Waals surface area contributed by atoms with Crippen LogP contribution < -0.4 is 5.32 Å². The van der Waals surface area contributed by atoms with Crippen LogP contribution in [0.25, 0.3) is 0 Å². The molecule has 2 atom stereocenters. The molecule has 2 amide bonds. The van der Waals surface area contributed by atoms with Crippen molar-refractivity contribution < 1.29 is 9.59 Å². The fourth-order valence-corrected chi connectivity index (χ4v) is 1.79. The van der Waals surface area contributed by atoms with Gasteiger partial charge in [-0.2, -0.15) is 0 Å². The average Bonchev–Trinajstić information content (AvgIpc) is 2.75. The second-order valence-corrected chi connectivity index (χ2v) is 4.02. The summed E-state index contributed by atoms with van der Waals surface area (Å²) >= 11 is 0. The van der Waals surface area contributed by atoms with Crippen LogP contribution >= 0.6 is 0 Å². The summed E-state index contributed by atoms with van der Waals surface area (Å²) in [4.78, 5) is 24.8. The van der Waals surface area contributed by atoms with Crippen molar-refractivity contribution in [2.75, 3.05) is 20.1 Å². The molecule has 82 valence electrons. The van der Waals surface area contributed by atoms with Crippen LogP contribution in [0.2, 0.25) is 6.32 Å². The first-order chi connectivity index (χ1) is 7.10. The molecule has 2 radical (unpaired) electrons. The van der Waals surface area contributed by atoms with Gasteiger partial charge in [-0.15, -0.1) is 0 Å². The molecular weight excluding hydrogens is 191 g/mol. The molecule has 0 aromatic rings. The van der Waals surface area contributed by atoms with Crippen molar-refractivity contribution in [2.45, 2.75) is 19.7 Å². The van der Waals surface area contributed by atoms with Gasteiger partial charge in [0, 0.05) is 26.1 Å². The number of hydrogen-bond donors (Lipinski definition) is 1. The van der Waals surface area contributed by atoms with E-state index in [9.17, 15) is 9.59 Å². The van der Waals surface area contributed by atoms with Gasteiger partial charge >= 0.3 is 0 Å². The van der Waals surface area contributed by atoms with Crippen molar-refractivity contribution in [3.63, 3.8) is 0 Å². The third kappa shape index (κ3) is 2.73. The van der Waals surface area contributed by atoms with Crippen LogP contribution in [0.5, 0.6) is 0 Å². The standard InChI is InChI=1S/C10H17BN2O2/c1-7(5-11)10(15)13-4-3-8(6-13)9(14)12-2/h7-8H,3-6H2,1-2H3,(H,12,14). The Morgan fingerprint density at radius 1 is 1.60 bits per heavy atom. The Labute approximate surface area is 91.8 Å². The van der Waals surface area contributed by atoms with E-state index in [1.165, 1.54) is 0 Å². The van der Waals surface area contributed by atoms with E-state index in [2.05, 4.69) is 5.32 Å². The predicted molar refractivity (Wildman–Crippen MR) is 58.5 cm³/mol. The van der Waals surface area contributed by atoms with Crippen LogP contribution in [0.3, 0.4) is 0 Å². The maximum Gasteiger partial charge on any atom is 0.224 e. The number of amides is 2. The molecule has 1 saturated heterocycles. The quantitative estimate of drug-likeness (QED) is 0.653. The molecule has 2 unspecified atom stereocenters. The number of nitrogens with zero attached hydrogens (tertiary/aromatic N) is 1. The highest BCUT2D eigenvalue weighted by Crippen LogP contribution is 2.19. The van der Waals surface area contributed by atoms with Gasteiger partial charge in [0.05, 0.1) is 13.8 Å². The topological polar surface area (TPSA) is 49.4 Å². The van der Waals surface area contributed by atoms with Crippen LogP contribution in [0.15, 0.2) is 0 Å². The second kappa shape index (κ2) is 5.19. The summed E-state index contributed by atoms with van der Waals surface area (Å²) in [5, 5.41) is 2.61. The Morgan fingerprint density at radius 3 is 2.80 bits per heavy atom. The number of carbonyl (C=O) groups excluding carboxylic acids is 2. The lowest BCUT2D eigenvalue weighted by Crippen LogP contribution is -2.35. The SMILES string of the molecule is [B]CC(C)C(=O)N1CCC(C(=O)NC)C1. The van der Waals surface area contributed by atoms with E-state index in [0.29, 0.717) is 19.4 Å². The summed E-state index contributed by atoms with van der Waals surface area (Å²) in [5.41, 5.74) is 0. The Morgan fingerprint density at radius 2 is 2.27 bits per heavy atom. The molecule has 1 heterocycles. The van der Waals surface area contributed by atoms with Crippen LogP contribution in [-0.2, 0) is 9.59 Å². The number of rotatable bonds is 3. The Hall–Kier alpha value is -0.995. The van der Waals surface area contributed by atoms with E-state index in [1.807, 2.05) is 6.92 Å². The number of hydrogen-bond acceptors (Lipinski definition) is 2. The fourth-order valence-electron chi connectivity index (χ4n) is 1.79. The monoisotopic (exact) mass is 208 g/mol. The summed E-state index contributed by atoms with van der Waals surface area (Å²) in [7, 11) is 7.05. The summed E-state index contributed by atoms with van der Waals surface area (Å²) in [6.07, 6.45) is 1.11. The Kier molecular flexibility index (Phi) is 4.18. The zero-order valence-electron chi connectivity index (χ0n) is 9.32. The van der Waals surface area contributed by atoms with Crippen molar-refractivity contribution in [2.24, 2.45) is 11.8 Å². The van der Waals surface area contributed by atoms with Crippen LogP contribution in [0.4, 0.5) is 0 Å². The molecule has 0 aliphatic carbocycles. The molecule has 1 fully saturated rings. The smallest absolute Gasteiger partial charge is 0.224 e. The van der Waals surface area contributed by atoms with E-state index >= 15 is 0 Å². The van der Waals surface area contributed by atoms with Crippen LogP contribution in [-0.4, -0.2) is 44.7 Å². The zero-order valence-corrected chi connectivity index (χ0v) is 9.32. The summed E-state index contributed by atoms with van der Waals surface area (Å²) < 4.78 is 0. The maximum absolute atomic E-state index is 11.7. The molecule has 0 bridgehead atoms. The van der Waals surface area contributed by atoms with Gasteiger partial charge in [0.15, 0.2) is 0 Å². The molecule has 1 N–H and O–H groups in total. The van der Waals surface area contributed by atoms with Crippen molar-refractivity contribution in [3.05, 3.63) is 0 Å². The second-order valence-electron chi connectivity index (χ2n) is 4.02. The summed E-state index contributed by atoms with van der Waals surface area (Å²) in [6, 6.07) is 0. The van der Waals surface area contributed by atoms with E-state index in [1.54, 1.807) is 11.9 Å². The van der Waals surface area contributed by atoms with E-state index in [-0.39, 0.29) is 23.7 Å². The highest BCUT2D eigenvalue weighted by atomic mass is 16.2. The third-order valence-electron chi connectivity index (χ3n) is 2.89. The van der Waals surface area contributed by atoms with E-state index in [4.69, 9.17) is 7.85 Å². The lowest BCUT2D eigenvalue weighted by atomic mass is 9.92. The fraction of sp³-hybridized carbons (Fsp3) is 0.800. The number of nitrogens with one attached hydrogen (secondary N) is 1. The van der Waals surface area contributed by atoms with E-state index < -0.39 is 0 Å². The van der Waals surface area contributed by atoms with Crippen molar-refractivity contribution in [1.82, 2.24) is 10.2 Å². The molecule has 0 aromatic carbocycles. The number of likely N-dealkylation sites (tertiary alicyclic amines) is 1. The van der Waals surface area contributed by atoms with Gasteiger partial charge in [-0.25, -0.2) is 0 Å². The summed E-state index contributed by atoms with van der Waals surface area (Å²) in [6.45, 7) is 3.01. The first kappa shape index (κ1) is 12.1. The van der Waals surface area contributed by atoms with Crippen LogP contribution in [0.1, 0.15) is 13.3 Å². The van der Waals surface area contributed by atoms with Gasteiger partial charge in [-0.1, -0.05) is 13.2 Å². The molecule has 0 spiro atoms. The normalized spacial score (nSPS) is 22.5. The molecule has 1 rings (SSSR count). The maximum atomic E-state index is 11.7. The average molecular weight is 208 g/mol. The van der Waals surface area contributed by atoms with Gasteiger partial charge in [-0.05, 0) is 6.42 Å². The third-order valence-corrected chi connectivity index (χ3v) is 2.89. The predicted octanol–water partition coefficient (Wildman–Crippen LogP) is -0.196. The molecular formula is C10H17BN2O2. The van der Waals surface area contributed by atoms with Gasteiger partial charge < -0.3 is 10.2 Å². The minimum absolute atomic E-state index is 0.0192. The lowest BCUT2D eigenvalue weighted by molar-refractivity contribution is -0.133. The molecule has 4 nitrogen and oxygen atoms in total. The first-order valence-corrected chi connectivity index (χ1v) is 5.30. The Bertz CT molecular complexity index is 258. The van der Waals surface area contributed by atoms with E-state index in [0.717, 1.165) is 6.42 Å². The number of carbonyl (C=O) groups is 2. The summed E-state index contributed by atoms with van der Waals surface area (Å²) in [5.74, 6) is -0.119. The van der Waals surface area contributed by atoms with Gasteiger partial charge in [0.1, 0.15) is 0 Å². The highest BCUT2D eigenvalue weighted by molar-refractivity contribution is 6.10.